The maximum absolute atomic E-state index is 9.29. The molecule has 1 aliphatic carbocycles. The highest BCUT2D eigenvalue weighted by Gasteiger charge is 2.29. The van der Waals surface area contributed by atoms with Crippen LogP contribution in [0.5, 0.6) is 0 Å². The molecular formula is C14H14N4OS. The van der Waals surface area contributed by atoms with Crippen LogP contribution in [0.4, 0.5) is 0 Å². The summed E-state index contributed by atoms with van der Waals surface area (Å²) in [7, 11) is 0. The lowest BCUT2D eigenvalue weighted by Gasteiger charge is -2.07. The topological polar surface area (TPSA) is 74.7 Å². The molecule has 1 aromatic heterocycles. The lowest BCUT2D eigenvalue weighted by atomic mass is 10.2. The molecule has 0 atom stereocenters. The highest BCUT2D eigenvalue weighted by Crippen LogP contribution is 2.39. The molecular weight excluding hydrogens is 272 g/mol. The molecule has 1 heterocycles. The van der Waals surface area contributed by atoms with Gasteiger partial charge in [-0.25, -0.2) is 0 Å². The summed E-state index contributed by atoms with van der Waals surface area (Å²) in [4.78, 5) is 0. The minimum Gasteiger partial charge on any atom is -0.388 e. The molecule has 0 spiro atoms. The first kappa shape index (κ1) is 13.2. The van der Waals surface area contributed by atoms with Crippen molar-refractivity contribution in [1.29, 1.82) is 5.26 Å². The van der Waals surface area contributed by atoms with Gasteiger partial charge in [0.2, 0.25) is 0 Å². The zero-order chi connectivity index (χ0) is 13.9. The van der Waals surface area contributed by atoms with Gasteiger partial charge in [0.05, 0.1) is 11.6 Å². The highest BCUT2D eigenvalue weighted by atomic mass is 32.2. The molecule has 102 valence electrons. The van der Waals surface area contributed by atoms with Gasteiger partial charge in [0.1, 0.15) is 6.61 Å². The molecule has 0 unspecified atom stereocenters. The van der Waals surface area contributed by atoms with Crippen LogP contribution in [0.25, 0.3) is 0 Å². The summed E-state index contributed by atoms with van der Waals surface area (Å²) in [6.45, 7) is -0.0685. The van der Waals surface area contributed by atoms with Gasteiger partial charge in [0, 0.05) is 11.8 Å². The zero-order valence-corrected chi connectivity index (χ0v) is 11.7. The van der Waals surface area contributed by atoms with Crippen LogP contribution in [0.1, 0.15) is 35.8 Å². The zero-order valence-electron chi connectivity index (χ0n) is 10.9. The summed E-state index contributed by atoms with van der Waals surface area (Å²) < 4.78 is 2.05. The van der Waals surface area contributed by atoms with Crippen LogP contribution in [-0.4, -0.2) is 19.9 Å². The molecule has 0 bridgehead atoms. The fourth-order valence-electron chi connectivity index (χ4n) is 2.04. The summed E-state index contributed by atoms with van der Waals surface area (Å²) in [5.41, 5.74) is 1.81. The monoisotopic (exact) mass is 286 g/mol. The maximum Gasteiger partial charge on any atom is 0.191 e. The normalized spacial score (nSPS) is 14.2. The number of rotatable bonds is 5. The molecule has 2 aromatic rings. The number of aromatic nitrogens is 3. The molecule has 6 heteroatoms. The van der Waals surface area contributed by atoms with Gasteiger partial charge in [-0.2, -0.15) is 5.26 Å². The van der Waals surface area contributed by atoms with E-state index in [1.807, 2.05) is 28.8 Å². The van der Waals surface area contributed by atoms with Crippen LogP contribution in [0, 0.1) is 11.3 Å². The van der Waals surface area contributed by atoms with E-state index >= 15 is 0 Å². The van der Waals surface area contributed by atoms with Gasteiger partial charge in [-0.1, -0.05) is 23.9 Å². The van der Waals surface area contributed by atoms with Crippen LogP contribution in [0.15, 0.2) is 29.4 Å². The fraction of sp³-hybridized carbons (Fsp3) is 0.357. The van der Waals surface area contributed by atoms with Crippen molar-refractivity contribution in [2.24, 2.45) is 0 Å². The van der Waals surface area contributed by atoms with Gasteiger partial charge in [-0.3, -0.25) is 0 Å². The van der Waals surface area contributed by atoms with Crippen LogP contribution < -0.4 is 0 Å². The van der Waals surface area contributed by atoms with Crippen LogP contribution in [0.2, 0.25) is 0 Å². The standard InChI is InChI=1S/C14H14N4OS/c15-7-10-1-3-11(4-2-10)9-20-14-17-16-13(8-19)18(14)12-5-6-12/h1-4,12,19H,5-6,8-9H2. The molecule has 1 fully saturated rings. The molecule has 20 heavy (non-hydrogen) atoms. The first-order valence-corrected chi connectivity index (χ1v) is 7.47. The Labute approximate surface area is 121 Å². The number of thioether (sulfide) groups is 1. The Morgan fingerprint density at radius 3 is 2.65 bits per heavy atom. The van der Waals surface area contributed by atoms with E-state index < -0.39 is 0 Å². The summed E-state index contributed by atoms with van der Waals surface area (Å²) in [6.07, 6.45) is 2.27. The third-order valence-corrected chi connectivity index (χ3v) is 4.25. The Balaban J connectivity index is 1.71. The highest BCUT2D eigenvalue weighted by molar-refractivity contribution is 7.98. The predicted molar refractivity (Wildman–Crippen MR) is 74.9 cm³/mol. The smallest absolute Gasteiger partial charge is 0.191 e. The maximum atomic E-state index is 9.29. The van der Waals surface area contributed by atoms with Gasteiger partial charge in [0.25, 0.3) is 0 Å². The van der Waals surface area contributed by atoms with E-state index in [0.29, 0.717) is 17.4 Å². The van der Waals surface area contributed by atoms with Crippen LogP contribution >= 0.6 is 11.8 Å². The van der Waals surface area contributed by atoms with E-state index in [-0.39, 0.29) is 6.61 Å². The summed E-state index contributed by atoms with van der Waals surface area (Å²) in [6, 6.07) is 10.1. The number of hydrogen-bond donors (Lipinski definition) is 1. The van der Waals surface area contributed by atoms with E-state index in [1.54, 1.807) is 11.8 Å². The average Bonchev–Trinajstić information content (AvgIpc) is 3.25. The van der Waals surface area contributed by atoms with E-state index in [2.05, 4.69) is 16.3 Å². The van der Waals surface area contributed by atoms with Gasteiger partial charge >= 0.3 is 0 Å². The second kappa shape index (κ2) is 5.65. The summed E-state index contributed by atoms with van der Waals surface area (Å²) in [5, 5.41) is 27.1. The van der Waals surface area contributed by atoms with Crippen molar-refractivity contribution in [2.75, 3.05) is 0 Å². The number of aliphatic hydroxyl groups is 1. The lowest BCUT2D eigenvalue weighted by molar-refractivity contribution is 0.263. The largest absolute Gasteiger partial charge is 0.388 e. The number of nitriles is 1. The van der Waals surface area contributed by atoms with Crippen molar-refractivity contribution in [3.8, 4) is 6.07 Å². The van der Waals surface area contributed by atoms with Crippen molar-refractivity contribution >= 4 is 11.8 Å². The molecule has 0 saturated heterocycles. The predicted octanol–water partition coefficient (Wildman–Crippen LogP) is 2.27. The summed E-state index contributed by atoms with van der Waals surface area (Å²) in [5.74, 6) is 1.43. The average molecular weight is 286 g/mol. The third-order valence-electron chi connectivity index (χ3n) is 3.24. The molecule has 1 N–H and O–H groups in total. The van der Waals surface area contributed by atoms with Crippen molar-refractivity contribution in [3.05, 3.63) is 41.2 Å². The Hall–Kier alpha value is -1.84. The van der Waals surface area contributed by atoms with Crippen LogP contribution in [0.3, 0.4) is 0 Å². The van der Waals surface area contributed by atoms with Gasteiger partial charge in [-0.15, -0.1) is 10.2 Å². The minimum atomic E-state index is -0.0685. The van der Waals surface area contributed by atoms with Crippen molar-refractivity contribution in [2.45, 2.75) is 36.4 Å². The number of benzene rings is 1. The SMILES string of the molecule is N#Cc1ccc(CSc2nnc(CO)n2C2CC2)cc1. The molecule has 1 aliphatic rings. The van der Waals surface area contributed by atoms with Crippen LogP contribution in [-0.2, 0) is 12.4 Å². The molecule has 1 aromatic carbocycles. The van der Waals surface area contributed by atoms with E-state index in [4.69, 9.17) is 5.26 Å². The van der Waals surface area contributed by atoms with E-state index in [9.17, 15) is 5.11 Å². The van der Waals surface area contributed by atoms with E-state index in [0.717, 1.165) is 29.3 Å². The van der Waals surface area contributed by atoms with Gasteiger partial charge in [-0.05, 0) is 30.5 Å². The van der Waals surface area contributed by atoms with Gasteiger partial charge < -0.3 is 9.67 Å². The Morgan fingerprint density at radius 1 is 1.30 bits per heavy atom. The minimum absolute atomic E-state index is 0.0685. The van der Waals surface area contributed by atoms with Crippen molar-refractivity contribution in [3.63, 3.8) is 0 Å². The third kappa shape index (κ3) is 2.69. The first-order valence-electron chi connectivity index (χ1n) is 6.48. The molecule has 0 amide bonds. The van der Waals surface area contributed by atoms with E-state index in [1.165, 1.54) is 0 Å². The molecule has 5 nitrogen and oxygen atoms in total. The molecule has 0 radical (unpaired) electrons. The second-order valence-electron chi connectivity index (χ2n) is 4.76. The quantitative estimate of drug-likeness (QED) is 0.853. The Kier molecular flexibility index (Phi) is 3.72. The summed E-state index contributed by atoms with van der Waals surface area (Å²) >= 11 is 1.61. The molecule has 3 rings (SSSR count). The van der Waals surface area contributed by atoms with Crippen molar-refractivity contribution in [1.82, 2.24) is 14.8 Å². The molecule has 1 saturated carbocycles. The second-order valence-corrected chi connectivity index (χ2v) is 5.70. The number of aliphatic hydroxyl groups excluding tert-OH is 1. The number of nitrogens with zero attached hydrogens (tertiary/aromatic N) is 4. The Morgan fingerprint density at radius 2 is 2.05 bits per heavy atom. The van der Waals surface area contributed by atoms with Gasteiger partial charge in [0.15, 0.2) is 11.0 Å². The molecule has 0 aliphatic heterocycles. The Bertz CT molecular complexity index is 640. The first-order chi connectivity index (χ1) is 9.81. The van der Waals surface area contributed by atoms with Crippen molar-refractivity contribution < 1.29 is 5.11 Å². The fourth-order valence-corrected chi connectivity index (χ4v) is 3.02. The lowest BCUT2D eigenvalue weighted by Crippen LogP contribution is -2.02. The number of hydrogen-bond acceptors (Lipinski definition) is 5.